The number of nitrogens with one attached hydrogen (secondary N) is 1. The van der Waals surface area contributed by atoms with Crippen LogP contribution in [-0.2, 0) is 0 Å². The summed E-state index contributed by atoms with van der Waals surface area (Å²) in [6, 6.07) is 15.8. The zero-order valence-corrected chi connectivity index (χ0v) is 9.58. The minimum atomic E-state index is 0. The molecule has 4 heteroatoms. The fraction of sp³-hybridized carbons (Fsp3) is 0. The summed E-state index contributed by atoms with van der Waals surface area (Å²) in [5, 5.41) is 12.6. The molecule has 90 valence electrons. The number of nitrogens with zero attached hydrogens (tertiary/aromatic N) is 2. The molecule has 18 heavy (non-hydrogen) atoms. The second-order valence-electron chi connectivity index (χ2n) is 3.82. The lowest BCUT2D eigenvalue weighted by Gasteiger charge is -1.81. The Morgan fingerprint density at radius 1 is 0.889 bits per heavy atom. The Kier molecular flexibility index (Phi) is 2.75. The second-order valence-corrected chi connectivity index (χ2v) is 3.82. The van der Waals surface area contributed by atoms with Crippen LogP contribution in [0, 0.1) is 0 Å². The fourth-order valence-electron chi connectivity index (χ4n) is 1.69. The summed E-state index contributed by atoms with van der Waals surface area (Å²) >= 11 is 0. The van der Waals surface area contributed by atoms with Gasteiger partial charge in [0.25, 0.3) is 0 Å². The van der Waals surface area contributed by atoms with Crippen molar-refractivity contribution in [1.82, 2.24) is 15.4 Å². The van der Waals surface area contributed by atoms with Crippen molar-refractivity contribution >= 4 is 21.9 Å². The Labute approximate surface area is 105 Å². The fourth-order valence-corrected chi connectivity index (χ4v) is 1.69. The van der Waals surface area contributed by atoms with E-state index in [1.807, 2.05) is 54.7 Å². The molecule has 0 fully saturated rings. The summed E-state index contributed by atoms with van der Waals surface area (Å²) in [5.41, 5.74) is 1.94. The van der Waals surface area contributed by atoms with Crippen LogP contribution in [-0.4, -0.2) is 15.4 Å². The number of para-hydroxylation sites is 2. The van der Waals surface area contributed by atoms with E-state index in [4.69, 9.17) is 4.52 Å². The van der Waals surface area contributed by atoms with Gasteiger partial charge < -0.3 is 4.52 Å². The topological polar surface area (TPSA) is 54.7 Å². The number of H-pyrrole nitrogens is 1. The number of hydrogen-bond acceptors (Lipinski definition) is 3. The normalized spacial score (nSPS) is 10.2. The predicted octanol–water partition coefficient (Wildman–Crippen LogP) is 3.64. The van der Waals surface area contributed by atoms with Gasteiger partial charge in [-0.3, -0.25) is 5.10 Å². The number of hydrogen-bond donors (Lipinski definition) is 1. The first-order valence-corrected chi connectivity index (χ1v) is 5.61. The van der Waals surface area contributed by atoms with E-state index in [1.165, 1.54) is 0 Å². The highest BCUT2D eigenvalue weighted by atomic mass is 16.5. The van der Waals surface area contributed by atoms with E-state index in [1.54, 1.807) is 6.20 Å². The van der Waals surface area contributed by atoms with Crippen LogP contribution in [0.25, 0.3) is 21.9 Å². The Bertz CT molecular complexity index is 637. The first-order chi connectivity index (χ1) is 8.93. The third-order valence-corrected chi connectivity index (χ3v) is 2.61. The third kappa shape index (κ3) is 2.08. The molecule has 0 aliphatic rings. The van der Waals surface area contributed by atoms with Crippen molar-refractivity contribution in [1.29, 1.82) is 0 Å². The van der Waals surface area contributed by atoms with Gasteiger partial charge in [-0.05, 0) is 18.2 Å². The molecular formula is C14H13N3O. The lowest BCUT2D eigenvalue weighted by atomic mass is 10.3. The van der Waals surface area contributed by atoms with Gasteiger partial charge in [-0.1, -0.05) is 35.5 Å². The molecule has 0 atom stereocenters. The number of benzene rings is 2. The van der Waals surface area contributed by atoms with Crippen molar-refractivity contribution in [3.63, 3.8) is 0 Å². The molecule has 2 heterocycles. The molecule has 0 aliphatic carbocycles. The molecule has 0 saturated heterocycles. The molecule has 1 N–H and O–H groups in total. The SMILES string of the molecule is [HH].c1ccc2[nH]ncc2c1.c1ccc2oncc2c1. The molecule has 0 amide bonds. The van der Waals surface area contributed by atoms with Crippen LogP contribution >= 0.6 is 0 Å². The highest BCUT2D eigenvalue weighted by Crippen LogP contribution is 2.10. The molecule has 0 radical (unpaired) electrons. The lowest BCUT2D eigenvalue weighted by Crippen LogP contribution is -1.63. The Hall–Kier alpha value is -2.62. The van der Waals surface area contributed by atoms with Gasteiger partial charge in [-0.25, -0.2) is 0 Å². The number of fused-ring (bicyclic) bond motifs is 2. The van der Waals surface area contributed by atoms with Gasteiger partial charge in [-0.15, -0.1) is 0 Å². The second kappa shape index (κ2) is 4.71. The molecular weight excluding hydrogens is 226 g/mol. The molecule has 0 bridgehead atoms. The van der Waals surface area contributed by atoms with Gasteiger partial charge in [-0.2, -0.15) is 5.10 Å². The van der Waals surface area contributed by atoms with Crippen molar-refractivity contribution < 1.29 is 5.95 Å². The molecule has 0 spiro atoms. The van der Waals surface area contributed by atoms with Gasteiger partial charge in [0, 0.05) is 12.2 Å². The smallest absolute Gasteiger partial charge is 0.166 e. The molecule has 0 saturated carbocycles. The first-order valence-electron chi connectivity index (χ1n) is 5.61. The molecule has 4 aromatic rings. The maximum atomic E-state index is 4.87. The van der Waals surface area contributed by atoms with Gasteiger partial charge >= 0.3 is 0 Å². The molecule has 4 nitrogen and oxygen atoms in total. The lowest BCUT2D eigenvalue weighted by molar-refractivity contribution is 0.456. The van der Waals surface area contributed by atoms with E-state index >= 15 is 0 Å². The summed E-state index contributed by atoms with van der Waals surface area (Å²) in [7, 11) is 0. The van der Waals surface area contributed by atoms with Crippen LogP contribution < -0.4 is 0 Å². The maximum absolute atomic E-state index is 4.87. The highest BCUT2D eigenvalue weighted by Gasteiger charge is 1.91. The van der Waals surface area contributed by atoms with Crippen LogP contribution in [0.3, 0.4) is 0 Å². The van der Waals surface area contributed by atoms with Crippen LogP contribution in [0.5, 0.6) is 0 Å². The Morgan fingerprint density at radius 3 is 2.50 bits per heavy atom. The number of aromatic amines is 1. The molecule has 2 aromatic carbocycles. The molecule has 0 unspecified atom stereocenters. The maximum Gasteiger partial charge on any atom is 0.166 e. The van der Waals surface area contributed by atoms with Gasteiger partial charge in [0.2, 0.25) is 0 Å². The Balaban J connectivity index is 0.000000133. The Morgan fingerprint density at radius 2 is 1.67 bits per heavy atom. The number of aromatic nitrogens is 3. The monoisotopic (exact) mass is 239 g/mol. The number of rotatable bonds is 0. The van der Waals surface area contributed by atoms with Gasteiger partial charge in [0.15, 0.2) is 5.58 Å². The van der Waals surface area contributed by atoms with E-state index in [0.717, 1.165) is 21.9 Å². The molecule has 4 rings (SSSR count). The summed E-state index contributed by atoms with van der Waals surface area (Å²) < 4.78 is 4.87. The largest absolute Gasteiger partial charge is 0.356 e. The molecule has 0 aliphatic heterocycles. The van der Waals surface area contributed by atoms with E-state index in [0.29, 0.717) is 0 Å². The average molecular weight is 239 g/mol. The third-order valence-electron chi connectivity index (χ3n) is 2.61. The average Bonchev–Trinajstić information content (AvgIpc) is 3.08. The first kappa shape index (κ1) is 10.5. The van der Waals surface area contributed by atoms with Crippen LogP contribution in [0.4, 0.5) is 0 Å². The van der Waals surface area contributed by atoms with Gasteiger partial charge in [0.05, 0.1) is 17.9 Å². The van der Waals surface area contributed by atoms with Crippen LogP contribution in [0.2, 0.25) is 0 Å². The van der Waals surface area contributed by atoms with Crippen molar-refractivity contribution in [2.75, 3.05) is 0 Å². The minimum Gasteiger partial charge on any atom is -0.356 e. The van der Waals surface area contributed by atoms with Crippen molar-refractivity contribution in [2.24, 2.45) is 0 Å². The summed E-state index contributed by atoms with van der Waals surface area (Å²) in [6.07, 6.45) is 3.52. The zero-order valence-electron chi connectivity index (χ0n) is 9.58. The van der Waals surface area contributed by atoms with E-state index < -0.39 is 0 Å². The van der Waals surface area contributed by atoms with Crippen molar-refractivity contribution in [2.45, 2.75) is 0 Å². The quantitative estimate of drug-likeness (QED) is 0.509. The van der Waals surface area contributed by atoms with Crippen LogP contribution in [0.15, 0.2) is 65.4 Å². The standard InChI is InChI=1S/C7H6N2.C7H5NO.H2/c2*1-2-4-7-6(3-1)5-8-9-7;/h1-5H,(H,8,9);1-5H;1H. The van der Waals surface area contributed by atoms with Crippen molar-refractivity contribution in [3.8, 4) is 0 Å². The summed E-state index contributed by atoms with van der Waals surface area (Å²) in [4.78, 5) is 0. The predicted molar refractivity (Wildman–Crippen MR) is 72.2 cm³/mol. The van der Waals surface area contributed by atoms with Crippen molar-refractivity contribution in [3.05, 3.63) is 60.9 Å². The summed E-state index contributed by atoms with van der Waals surface area (Å²) in [6.45, 7) is 0. The zero-order chi connectivity index (χ0) is 12.2. The van der Waals surface area contributed by atoms with Gasteiger partial charge in [0.1, 0.15) is 0 Å². The minimum absolute atomic E-state index is 0. The summed E-state index contributed by atoms with van der Waals surface area (Å²) in [5.74, 6) is 0. The molecule has 2 aromatic heterocycles. The van der Waals surface area contributed by atoms with E-state index in [2.05, 4.69) is 15.4 Å². The van der Waals surface area contributed by atoms with E-state index in [9.17, 15) is 0 Å². The highest BCUT2D eigenvalue weighted by molar-refractivity contribution is 5.77. The van der Waals surface area contributed by atoms with Crippen LogP contribution in [0.1, 0.15) is 1.43 Å². The van der Waals surface area contributed by atoms with E-state index in [-0.39, 0.29) is 1.43 Å².